The Hall–Kier alpha value is -1.65. The van der Waals surface area contributed by atoms with Gasteiger partial charge in [-0.3, -0.25) is 4.90 Å². The SMILES string of the molecule is NC(=S)c1ccc(OCCN2CCCC2)c2ccccc12. The van der Waals surface area contributed by atoms with Crippen LogP contribution in [-0.2, 0) is 0 Å². The Kier molecular flexibility index (Phi) is 4.36. The topological polar surface area (TPSA) is 38.5 Å². The summed E-state index contributed by atoms with van der Waals surface area (Å²) in [6, 6.07) is 12.0. The third-order valence-corrected chi connectivity index (χ3v) is 4.23. The lowest BCUT2D eigenvalue weighted by atomic mass is 10.0. The lowest BCUT2D eigenvalue weighted by molar-refractivity contribution is 0.239. The summed E-state index contributed by atoms with van der Waals surface area (Å²) in [5, 5.41) is 2.13. The summed E-state index contributed by atoms with van der Waals surface area (Å²) in [4.78, 5) is 2.88. The van der Waals surface area contributed by atoms with Gasteiger partial charge in [-0.15, -0.1) is 0 Å². The maximum Gasteiger partial charge on any atom is 0.127 e. The smallest absolute Gasteiger partial charge is 0.127 e. The molecule has 2 aromatic rings. The number of fused-ring (bicyclic) bond motifs is 1. The van der Waals surface area contributed by atoms with E-state index in [4.69, 9.17) is 22.7 Å². The maximum absolute atomic E-state index is 5.99. The quantitative estimate of drug-likeness (QED) is 0.862. The van der Waals surface area contributed by atoms with E-state index in [9.17, 15) is 0 Å². The van der Waals surface area contributed by atoms with Crippen LogP contribution in [0.4, 0.5) is 0 Å². The van der Waals surface area contributed by atoms with Crippen molar-refractivity contribution in [1.29, 1.82) is 0 Å². The molecule has 21 heavy (non-hydrogen) atoms. The number of thiocarbonyl (C=S) groups is 1. The molecule has 1 aliphatic heterocycles. The van der Waals surface area contributed by atoms with Crippen LogP contribution >= 0.6 is 12.2 Å². The molecule has 0 saturated carbocycles. The van der Waals surface area contributed by atoms with Crippen LogP contribution in [0.15, 0.2) is 36.4 Å². The van der Waals surface area contributed by atoms with Crippen LogP contribution < -0.4 is 10.5 Å². The van der Waals surface area contributed by atoms with Gasteiger partial charge in [-0.1, -0.05) is 36.5 Å². The molecule has 3 nitrogen and oxygen atoms in total. The molecule has 2 N–H and O–H groups in total. The second-order valence-electron chi connectivity index (χ2n) is 5.42. The Labute approximate surface area is 130 Å². The molecule has 0 bridgehead atoms. The van der Waals surface area contributed by atoms with Crippen molar-refractivity contribution < 1.29 is 4.74 Å². The Morgan fingerprint density at radius 2 is 1.81 bits per heavy atom. The first-order chi connectivity index (χ1) is 10.3. The van der Waals surface area contributed by atoms with Crippen molar-refractivity contribution in [2.24, 2.45) is 5.73 Å². The fourth-order valence-corrected chi connectivity index (χ4v) is 3.08. The maximum atomic E-state index is 5.99. The normalized spacial score (nSPS) is 15.4. The molecule has 1 fully saturated rings. The molecule has 0 unspecified atom stereocenters. The zero-order valence-corrected chi connectivity index (χ0v) is 12.9. The molecule has 0 atom stereocenters. The minimum Gasteiger partial charge on any atom is -0.492 e. The molecule has 0 radical (unpaired) electrons. The van der Waals surface area contributed by atoms with E-state index in [0.717, 1.165) is 35.2 Å². The first kappa shape index (κ1) is 14.3. The summed E-state index contributed by atoms with van der Waals surface area (Å²) in [5.74, 6) is 0.907. The number of nitrogens with two attached hydrogens (primary N) is 1. The molecular weight excluding hydrogens is 280 g/mol. The highest BCUT2D eigenvalue weighted by atomic mass is 32.1. The van der Waals surface area contributed by atoms with Crippen LogP contribution in [0.3, 0.4) is 0 Å². The third kappa shape index (κ3) is 3.17. The van der Waals surface area contributed by atoms with Gasteiger partial charge in [0, 0.05) is 17.5 Å². The average molecular weight is 300 g/mol. The molecule has 1 heterocycles. The van der Waals surface area contributed by atoms with Crippen LogP contribution in [0, 0.1) is 0 Å². The Morgan fingerprint density at radius 3 is 2.52 bits per heavy atom. The average Bonchev–Trinajstić information content (AvgIpc) is 3.00. The van der Waals surface area contributed by atoms with Gasteiger partial charge in [0.15, 0.2) is 0 Å². The molecule has 0 aliphatic carbocycles. The number of rotatable bonds is 5. The Balaban J connectivity index is 1.79. The summed E-state index contributed by atoms with van der Waals surface area (Å²) in [7, 11) is 0. The second-order valence-corrected chi connectivity index (χ2v) is 5.86. The van der Waals surface area contributed by atoms with Crippen LogP contribution in [-0.4, -0.2) is 36.1 Å². The Morgan fingerprint density at radius 1 is 1.10 bits per heavy atom. The monoisotopic (exact) mass is 300 g/mol. The highest BCUT2D eigenvalue weighted by Gasteiger charge is 2.12. The van der Waals surface area contributed by atoms with Gasteiger partial charge in [-0.05, 0) is 43.5 Å². The number of hydrogen-bond donors (Lipinski definition) is 1. The highest BCUT2D eigenvalue weighted by Crippen LogP contribution is 2.28. The van der Waals surface area contributed by atoms with E-state index >= 15 is 0 Å². The minimum absolute atomic E-state index is 0.426. The lowest BCUT2D eigenvalue weighted by Crippen LogP contribution is -2.25. The number of benzene rings is 2. The van der Waals surface area contributed by atoms with Crippen molar-refractivity contribution in [3.63, 3.8) is 0 Å². The molecule has 0 amide bonds. The largest absolute Gasteiger partial charge is 0.492 e. The number of ether oxygens (including phenoxy) is 1. The first-order valence-corrected chi connectivity index (χ1v) is 7.83. The van der Waals surface area contributed by atoms with Crippen molar-refractivity contribution in [1.82, 2.24) is 4.90 Å². The second kappa shape index (κ2) is 6.41. The number of hydrogen-bond acceptors (Lipinski definition) is 3. The van der Waals surface area contributed by atoms with Gasteiger partial charge in [0.1, 0.15) is 17.3 Å². The molecule has 110 valence electrons. The number of likely N-dealkylation sites (tertiary alicyclic amines) is 1. The van der Waals surface area contributed by atoms with Gasteiger partial charge in [0.25, 0.3) is 0 Å². The van der Waals surface area contributed by atoms with E-state index in [-0.39, 0.29) is 0 Å². The van der Waals surface area contributed by atoms with Crippen molar-refractivity contribution in [2.75, 3.05) is 26.2 Å². The predicted octanol–water partition coefficient (Wildman–Crippen LogP) is 2.95. The molecule has 4 heteroatoms. The fraction of sp³-hybridized carbons (Fsp3) is 0.353. The van der Waals surface area contributed by atoms with E-state index in [2.05, 4.69) is 11.0 Å². The highest BCUT2D eigenvalue weighted by molar-refractivity contribution is 7.80. The van der Waals surface area contributed by atoms with Crippen LogP contribution in [0.25, 0.3) is 10.8 Å². The van der Waals surface area contributed by atoms with Crippen molar-refractivity contribution in [2.45, 2.75) is 12.8 Å². The molecular formula is C17H20N2OS. The lowest BCUT2D eigenvalue weighted by Gasteiger charge is -2.16. The van der Waals surface area contributed by atoms with Gasteiger partial charge >= 0.3 is 0 Å². The van der Waals surface area contributed by atoms with E-state index in [1.54, 1.807) is 0 Å². The van der Waals surface area contributed by atoms with E-state index < -0.39 is 0 Å². The van der Waals surface area contributed by atoms with Crippen molar-refractivity contribution in [3.8, 4) is 5.75 Å². The van der Waals surface area contributed by atoms with E-state index in [1.807, 2.05) is 30.3 Å². The van der Waals surface area contributed by atoms with Crippen molar-refractivity contribution in [3.05, 3.63) is 42.0 Å². The van der Waals surface area contributed by atoms with Gasteiger partial charge < -0.3 is 10.5 Å². The van der Waals surface area contributed by atoms with Gasteiger partial charge in [-0.2, -0.15) is 0 Å². The summed E-state index contributed by atoms with van der Waals surface area (Å²) >= 11 is 5.12. The van der Waals surface area contributed by atoms with Crippen LogP contribution in [0.1, 0.15) is 18.4 Å². The van der Waals surface area contributed by atoms with Gasteiger partial charge in [0.2, 0.25) is 0 Å². The standard InChI is InChI=1S/C17H20N2OS/c18-17(21)15-7-8-16(14-6-2-1-5-13(14)15)20-12-11-19-9-3-4-10-19/h1-2,5-8H,3-4,9-12H2,(H2,18,21). The molecule has 3 rings (SSSR count). The summed E-state index contributed by atoms with van der Waals surface area (Å²) in [5.41, 5.74) is 6.71. The van der Waals surface area contributed by atoms with Crippen molar-refractivity contribution >= 4 is 28.0 Å². The molecule has 0 aromatic heterocycles. The van der Waals surface area contributed by atoms with Gasteiger partial charge in [-0.25, -0.2) is 0 Å². The molecule has 2 aromatic carbocycles. The number of nitrogens with zero attached hydrogens (tertiary/aromatic N) is 1. The molecule has 1 aliphatic rings. The first-order valence-electron chi connectivity index (χ1n) is 7.42. The third-order valence-electron chi connectivity index (χ3n) is 4.01. The minimum atomic E-state index is 0.426. The zero-order chi connectivity index (χ0) is 14.7. The van der Waals surface area contributed by atoms with E-state index in [1.165, 1.54) is 25.9 Å². The summed E-state index contributed by atoms with van der Waals surface area (Å²) in [6.07, 6.45) is 2.62. The van der Waals surface area contributed by atoms with Crippen LogP contribution in [0.5, 0.6) is 5.75 Å². The summed E-state index contributed by atoms with van der Waals surface area (Å²) < 4.78 is 5.99. The fourth-order valence-electron chi connectivity index (χ4n) is 2.90. The van der Waals surface area contributed by atoms with Gasteiger partial charge in [0.05, 0.1) is 0 Å². The zero-order valence-electron chi connectivity index (χ0n) is 12.0. The predicted molar refractivity (Wildman–Crippen MR) is 91.0 cm³/mol. The molecule has 1 saturated heterocycles. The Bertz CT molecular complexity index is 650. The van der Waals surface area contributed by atoms with Crippen LogP contribution in [0.2, 0.25) is 0 Å². The molecule has 0 spiro atoms. The van der Waals surface area contributed by atoms with E-state index in [0.29, 0.717) is 4.99 Å². The summed E-state index contributed by atoms with van der Waals surface area (Å²) in [6.45, 7) is 4.11.